The Kier molecular flexibility index (Phi) is 2.96. The highest BCUT2D eigenvalue weighted by atomic mass is 32.1. The molecule has 0 atom stereocenters. The Hall–Kier alpha value is -3.26. The van der Waals surface area contributed by atoms with Crippen molar-refractivity contribution < 1.29 is 4.42 Å². The zero-order valence-corrected chi connectivity index (χ0v) is 14.9. The van der Waals surface area contributed by atoms with E-state index in [-0.39, 0.29) is 5.56 Å². The van der Waals surface area contributed by atoms with Crippen LogP contribution in [0, 0.1) is 0 Å². The Morgan fingerprint density at radius 2 is 2.11 bits per heavy atom. The average molecular weight is 375 g/mol. The molecular weight excluding hydrogens is 362 g/mol. The maximum Gasteiger partial charge on any atom is 0.275 e. The molecule has 0 unspecified atom stereocenters. The molecule has 1 aliphatic rings. The molecule has 6 rings (SSSR count). The third-order valence-electron chi connectivity index (χ3n) is 4.81. The molecule has 1 saturated carbocycles. The Bertz CT molecular complexity index is 1400. The second-order valence-corrected chi connectivity index (χ2v) is 7.66. The number of nitrogens with one attached hydrogen (secondary N) is 1. The summed E-state index contributed by atoms with van der Waals surface area (Å²) in [5, 5.41) is 5.19. The van der Waals surface area contributed by atoms with Crippen LogP contribution < -0.4 is 10.9 Å². The fourth-order valence-corrected chi connectivity index (χ4v) is 4.31. The van der Waals surface area contributed by atoms with Crippen LogP contribution in [0.4, 0.5) is 5.82 Å². The first-order valence-electron chi connectivity index (χ1n) is 8.67. The molecule has 0 radical (unpaired) electrons. The number of furan rings is 1. The van der Waals surface area contributed by atoms with Crippen LogP contribution in [-0.4, -0.2) is 25.6 Å². The summed E-state index contributed by atoms with van der Waals surface area (Å²) in [6, 6.07) is 7.96. The van der Waals surface area contributed by atoms with Gasteiger partial charge in [-0.2, -0.15) is 0 Å². The van der Waals surface area contributed by atoms with Gasteiger partial charge in [0.05, 0.1) is 17.3 Å². The van der Waals surface area contributed by atoms with Crippen LogP contribution in [0.15, 0.2) is 52.4 Å². The second kappa shape index (κ2) is 5.37. The van der Waals surface area contributed by atoms with Crippen LogP contribution in [0.3, 0.4) is 0 Å². The fourth-order valence-electron chi connectivity index (χ4n) is 3.28. The summed E-state index contributed by atoms with van der Waals surface area (Å²) in [6.07, 6.45) is 7.03. The second-order valence-electron chi connectivity index (χ2n) is 6.66. The molecule has 0 spiro atoms. The summed E-state index contributed by atoms with van der Waals surface area (Å²) >= 11 is 1.36. The maximum atomic E-state index is 13.2. The summed E-state index contributed by atoms with van der Waals surface area (Å²) in [6.45, 7) is 0. The van der Waals surface area contributed by atoms with Crippen LogP contribution in [0.5, 0.6) is 0 Å². The van der Waals surface area contributed by atoms with Gasteiger partial charge in [0.25, 0.3) is 5.56 Å². The van der Waals surface area contributed by atoms with Crippen molar-refractivity contribution in [1.29, 1.82) is 0 Å². The third-order valence-corrected chi connectivity index (χ3v) is 5.89. The highest BCUT2D eigenvalue weighted by Gasteiger charge is 2.24. The predicted molar refractivity (Wildman–Crippen MR) is 105 cm³/mol. The van der Waals surface area contributed by atoms with E-state index in [4.69, 9.17) is 4.42 Å². The quantitative estimate of drug-likeness (QED) is 0.517. The van der Waals surface area contributed by atoms with Gasteiger partial charge in [0.2, 0.25) is 0 Å². The number of aromatic nitrogens is 4. The van der Waals surface area contributed by atoms with Crippen LogP contribution in [0.1, 0.15) is 12.8 Å². The fraction of sp³-hybridized carbons (Fsp3) is 0.158. The molecule has 1 fully saturated rings. The number of fused-ring (bicyclic) bond motifs is 4. The first kappa shape index (κ1) is 14.9. The van der Waals surface area contributed by atoms with Gasteiger partial charge in [0.15, 0.2) is 0 Å². The lowest BCUT2D eigenvalue weighted by molar-refractivity contribution is 0.616. The molecule has 0 bridgehead atoms. The van der Waals surface area contributed by atoms with Gasteiger partial charge in [-0.25, -0.2) is 15.0 Å². The summed E-state index contributed by atoms with van der Waals surface area (Å²) in [5.74, 6) is 0.762. The highest BCUT2D eigenvalue weighted by molar-refractivity contribution is 7.25. The largest absolute Gasteiger partial charge is 0.464 e. The van der Waals surface area contributed by atoms with Crippen LogP contribution >= 0.6 is 11.3 Å². The van der Waals surface area contributed by atoms with Gasteiger partial charge < -0.3 is 9.73 Å². The van der Waals surface area contributed by atoms with Crippen molar-refractivity contribution in [2.45, 2.75) is 18.9 Å². The van der Waals surface area contributed by atoms with Crippen molar-refractivity contribution in [3.05, 3.63) is 53.5 Å². The molecule has 0 amide bonds. The van der Waals surface area contributed by atoms with Crippen molar-refractivity contribution in [2.24, 2.45) is 0 Å². The number of rotatable bonds is 3. The number of nitrogens with zero attached hydrogens (tertiary/aromatic N) is 4. The third kappa shape index (κ3) is 2.26. The van der Waals surface area contributed by atoms with E-state index in [1.54, 1.807) is 17.2 Å². The summed E-state index contributed by atoms with van der Waals surface area (Å²) in [5.41, 5.74) is 2.09. The molecule has 132 valence electrons. The minimum Gasteiger partial charge on any atom is -0.464 e. The number of hydrogen-bond acceptors (Lipinski definition) is 7. The Balaban J connectivity index is 1.59. The first-order valence-corrected chi connectivity index (χ1v) is 9.48. The topological polar surface area (TPSA) is 85.8 Å². The lowest BCUT2D eigenvalue weighted by atomic mass is 10.2. The van der Waals surface area contributed by atoms with Crippen molar-refractivity contribution in [1.82, 2.24) is 19.5 Å². The zero-order valence-electron chi connectivity index (χ0n) is 14.0. The van der Waals surface area contributed by atoms with Crippen molar-refractivity contribution in [2.75, 3.05) is 5.32 Å². The number of anilines is 1. The summed E-state index contributed by atoms with van der Waals surface area (Å²) in [7, 11) is 0. The minimum atomic E-state index is -0.108. The van der Waals surface area contributed by atoms with Crippen molar-refractivity contribution in [3.63, 3.8) is 0 Å². The van der Waals surface area contributed by atoms with Crippen molar-refractivity contribution in [3.8, 4) is 5.69 Å². The van der Waals surface area contributed by atoms with E-state index in [9.17, 15) is 4.79 Å². The predicted octanol–water partition coefficient (Wildman–Crippen LogP) is 3.71. The van der Waals surface area contributed by atoms with E-state index in [1.807, 2.05) is 24.3 Å². The minimum absolute atomic E-state index is 0.108. The molecule has 1 aromatic carbocycles. The molecule has 0 aliphatic heterocycles. The molecule has 0 saturated heterocycles. The lowest BCUT2D eigenvalue weighted by Crippen LogP contribution is -2.17. The van der Waals surface area contributed by atoms with Crippen LogP contribution in [-0.2, 0) is 0 Å². The molecule has 4 heterocycles. The molecule has 4 aromatic heterocycles. The Labute approximate surface area is 156 Å². The van der Waals surface area contributed by atoms with E-state index in [2.05, 4.69) is 20.3 Å². The molecule has 27 heavy (non-hydrogen) atoms. The molecule has 5 aromatic rings. The smallest absolute Gasteiger partial charge is 0.275 e. The molecule has 7 nitrogen and oxygen atoms in total. The van der Waals surface area contributed by atoms with Gasteiger partial charge >= 0.3 is 0 Å². The number of hydrogen-bond donors (Lipinski definition) is 1. The SMILES string of the molecule is O=c1c2sc3ncnc(NC4CC4)c3c2ncn1-c1ccc2occc2c1. The summed E-state index contributed by atoms with van der Waals surface area (Å²) in [4.78, 5) is 27.3. The lowest BCUT2D eigenvalue weighted by Gasteiger charge is -2.06. The average Bonchev–Trinajstić information content (AvgIpc) is 3.23. The van der Waals surface area contributed by atoms with Gasteiger partial charge in [-0.1, -0.05) is 0 Å². The van der Waals surface area contributed by atoms with E-state index >= 15 is 0 Å². The van der Waals surface area contributed by atoms with Gasteiger partial charge in [0.1, 0.15) is 39.1 Å². The van der Waals surface area contributed by atoms with Gasteiger partial charge in [-0.3, -0.25) is 9.36 Å². The van der Waals surface area contributed by atoms with E-state index in [0.29, 0.717) is 16.3 Å². The normalized spacial score (nSPS) is 14.4. The number of thiophene rings is 1. The maximum absolute atomic E-state index is 13.2. The molecule has 1 aliphatic carbocycles. The highest BCUT2D eigenvalue weighted by Crippen LogP contribution is 2.35. The van der Waals surface area contributed by atoms with E-state index < -0.39 is 0 Å². The van der Waals surface area contributed by atoms with Gasteiger partial charge in [-0.15, -0.1) is 11.3 Å². The van der Waals surface area contributed by atoms with Gasteiger partial charge in [-0.05, 0) is 37.1 Å². The monoisotopic (exact) mass is 375 g/mol. The van der Waals surface area contributed by atoms with Crippen molar-refractivity contribution >= 4 is 48.6 Å². The molecular formula is C19H13N5O2S. The molecule has 8 heteroatoms. The first-order chi connectivity index (χ1) is 13.3. The standard InChI is InChI=1S/C19H13N5O2S/c25-19-16-15(14-17(23-11-1-2-11)20-8-21-18(14)27-16)22-9-24(19)12-3-4-13-10(7-12)5-6-26-13/h3-9,11H,1-2H2,(H,20,21,23). The van der Waals surface area contributed by atoms with Crippen LogP contribution in [0.2, 0.25) is 0 Å². The van der Waals surface area contributed by atoms with Crippen LogP contribution in [0.25, 0.3) is 37.1 Å². The zero-order chi connectivity index (χ0) is 18.0. The Morgan fingerprint density at radius 3 is 3.00 bits per heavy atom. The number of benzene rings is 1. The Morgan fingerprint density at radius 1 is 1.19 bits per heavy atom. The van der Waals surface area contributed by atoms with Gasteiger partial charge in [0, 0.05) is 11.4 Å². The van der Waals surface area contributed by atoms with E-state index in [0.717, 1.165) is 45.5 Å². The summed E-state index contributed by atoms with van der Waals surface area (Å²) < 4.78 is 7.52. The van der Waals surface area contributed by atoms with E-state index in [1.165, 1.54) is 17.7 Å². The molecule has 1 N–H and O–H groups in total.